The number of carbonyl (C=O) groups excluding carboxylic acids is 2. The predicted molar refractivity (Wildman–Crippen MR) is 92.8 cm³/mol. The Hall–Kier alpha value is -2.03. The van der Waals surface area contributed by atoms with Gasteiger partial charge in [-0.25, -0.2) is 9.48 Å². The minimum Gasteiger partial charge on any atom is -0.331 e. The number of hydrogen-bond acceptors (Lipinski definition) is 4. The second kappa shape index (κ2) is 7.69. The first-order valence-electron chi connectivity index (χ1n) is 6.59. The summed E-state index contributed by atoms with van der Waals surface area (Å²) < 4.78 is 1.26. The van der Waals surface area contributed by atoms with Crippen LogP contribution >= 0.6 is 34.8 Å². The Balaban J connectivity index is 2.01. The Morgan fingerprint density at radius 3 is 2.38 bits per heavy atom. The first-order valence-corrected chi connectivity index (χ1v) is 7.72. The Morgan fingerprint density at radius 1 is 1.17 bits per heavy atom. The van der Waals surface area contributed by atoms with Crippen molar-refractivity contribution in [3.05, 3.63) is 33.4 Å². The number of nitrogens with zero attached hydrogens (tertiary/aromatic N) is 4. The van der Waals surface area contributed by atoms with Gasteiger partial charge in [-0.2, -0.15) is 0 Å². The van der Waals surface area contributed by atoms with Gasteiger partial charge in [0.15, 0.2) is 5.82 Å². The van der Waals surface area contributed by atoms with E-state index in [4.69, 9.17) is 34.8 Å². The predicted octanol–water partition coefficient (Wildman–Crippen LogP) is 2.97. The maximum atomic E-state index is 12.1. The van der Waals surface area contributed by atoms with E-state index in [1.807, 2.05) is 0 Å². The largest absolute Gasteiger partial charge is 0.331 e. The highest BCUT2D eigenvalue weighted by Gasteiger charge is 2.13. The van der Waals surface area contributed by atoms with Crippen molar-refractivity contribution in [3.8, 4) is 0 Å². The van der Waals surface area contributed by atoms with Gasteiger partial charge in [-0.15, -0.1) is 5.10 Å². The summed E-state index contributed by atoms with van der Waals surface area (Å²) in [6.45, 7) is -0.139. The molecular weight excluding hydrogens is 379 g/mol. The van der Waals surface area contributed by atoms with Gasteiger partial charge in [0.2, 0.25) is 5.91 Å². The molecule has 2 aromatic rings. The minimum atomic E-state index is -0.420. The molecule has 0 radical (unpaired) electrons. The summed E-state index contributed by atoms with van der Waals surface area (Å²) in [5, 5.41) is 13.4. The number of aromatic nitrogens is 3. The molecule has 0 saturated carbocycles. The summed E-state index contributed by atoms with van der Waals surface area (Å²) in [7, 11) is 3.18. The van der Waals surface area contributed by atoms with Gasteiger partial charge < -0.3 is 10.2 Å². The summed E-state index contributed by atoms with van der Waals surface area (Å²) in [5.74, 6) is -0.194. The van der Waals surface area contributed by atoms with Crippen LogP contribution in [0.3, 0.4) is 0 Å². The lowest BCUT2D eigenvalue weighted by Gasteiger charge is -2.10. The van der Waals surface area contributed by atoms with E-state index in [9.17, 15) is 9.59 Å². The van der Waals surface area contributed by atoms with Crippen molar-refractivity contribution in [3.63, 3.8) is 0 Å². The van der Waals surface area contributed by atoms with Crippen LogP contribution in [0, 0.1) is 0 Å². The molecule has 8 nitrogen and oxygen atoms in total. The van der Waals surface area contributed by atoms with Crippen LogP contribution in [0.5, 0.6) is 0 Å². The average Bonchev–Trinajstić information content (AvgIpc) is 2.89. The van der Waals surface area contributed by atoms with Gasteiger partial charge in [0.25, 0.3) is 0 Å². The maximum Gasteiger partial charge on any atom is 0.322 e. The number of halogens is 3. The van der Waals surface area contributed by atoms with Gasteiger partial charge in [0, 0.05) is 19.1 Å². The van der Waals surface area contributed by atoms with Crippen molar-refractivity contribution in [1.29, 1.82) is 0 Å². The van der Waals surface area contributed by atoms with Crippen LogP contribution in [0.2, 0.25) is 15.1 Å². The van der Waals surface area contributed by atoms with Gasteiger partial charge in [-0.05, 0) is 12.1 Å². The van der Waals surface area contributed by atoms with Crippen molar-refractivity contribution in [2.45, 2.75) is 6.54 Å². The first kappa shape index (κ1) is 18.3. The smallest absolute Gasteiger partial charge is 0.322 e. The molecule has 0 bridgehead atoms. The van der Waals surface area contributed by atoms with Crippen LogP contribution in [0.4, 0.5) is 16.3 Å². The van der Waals surface area contributed by atoms with E-state index >= 15 is 0 Å². The van der Waals surface area contributed by atoms with E-state index in [0.717, 1.165) is 0 Å². The summed E-state index contributed by atoms with van der Waals surface area (Å²) in [6, 6.07) is 2.58. The molecule has 24 heavy (non-hydrogen) atoms. The van der Waals surface area contributed by atoms with E-state index in [0.29, 0.717) is 5.02 Å². The third kappa shape index (κ3) is 4.73. The van der Waals surface area contributed by atoms with E-state index in [2.05, 4.69) is 20.9 Å². The fourth-order valence-corrected chi connectivity index (χ4v) is 2.55. The maximum absolute atomic E-state index is 12.1. The van der Waals surface area contributed by atoms with E-state index in [1.54, 1.807) is 14.1 Å². The van der Waals surface area contributed by atoms with Gasteiger partial charge in [-0.1, -0.05) is 40.0 Å². The lowest BCUT2D eigenvalue weighted by Crippen LogP contribution is -2.27. The van der Waals surface area contributed by atoms with Crippen LogP contribution < -0.4 is 10.6 Å². The van der Waals surface area contributed by atoms with Gasteiger partial charge in [0.1, 0.15) is 6.54 Å². The molecule has 2 N–H and O–H groups in total. The van der Waals surface area contributed by atoms with Crippen molar-refractivity contribution in [2.75, 3.05) is 24.7 Å². The molecule has 128 valence electrons. The van der Waals surface area contributed by atoms with Crippen molar-refractivity contribution >= 4 is 58.2 Å². The summed E-state index contributed by atoms with van der Waals surface area (Å²) in [5.41, 5.74) is 0.258. The number of carbonyl (C=O) groups is 2. The topological polar surface area (TPSA) is 92.2 Å². The fraction of sp³-hybridized carbons (Fsp3) is 0.231. The van der Waals surface area contributed by atoms with Crippen LogP contribution in [0.15, 0.2) is 18.3 Å². The number of anilines is 2. The Kier molecular flexibility index (Phi) is 5.87. The number of rotatable bonds is 4. The third-order valence-electron chi connectivity index (χ3n) is 2.76. The second-order valence-corrected chi connectivity index (χ2v) is 6.17. The zero-order valence-electron chi connectivity index (χ0n) is 12.7. The van der Waals surface area contributed by atoms with Gasteiger partial charge >= 0.3 is 6.03 Å². The molecule has 0 aliphatic carbocycles. The minimum absolute atomic E-state index is 0.139. The second-order valence-electron chi connectivity index (χ2n) is 4.92. The molecule has 0 spiro atoms. The van der Waals surface area contributed by atoms with Crippen LogP contribution in [0.25, 0.3) is 0 Å². The van der Waals surface area contributed by atoms with Crippen LogP contribution in [-0.2, 0) is 11.3 Å². The Bertz CT molecular complexity index is 754. The molecule has 11 heteroatoms. The molecule has 0 atom stereocenters. The van der Waals surface area contributed by atoms with E-state index < -0.39 is 5.91 Å². The highest BCUT2D eigenvalue weighted by atomic mass is 35.5. The molecular formula is C13H13Cl3N6O2. The SMILES string of the molecule is CN(C)C(=O)Nc1cn(CC(=O)Nc2c(Cl)cc(Cl)cc2Cl)nn1. The molecule has 2 rings (SSSR count). The number of amides is 3. The number of hydrogen-bond donors (Lipinski definition) is 2. The van der Waals surface area contributed by atoms with E-state index in [-0.39, 0.29) is 34.1 Å². The fourth-order valence-electron chi connectivity index (χ4n) is 1.64. The summed E-state index contributed by atoms with van der Waals surface area (Å²) >= 11 is 17.8. The Labute approximate surface area is 152 Å². The standard InChI is InChI=1S/C13H13Cl3N6O2/c1-21(2)13(24)17-10-5-22(20-19-10)6-11(23)18-12-8(15)3-7(14)4-9(12)16/h3-5H,6H2,1-2H3,(H,17,24)(H,18,23). The molecule has 0 fully saturated rings. The monoisotopic (exact) mass is 390 g/mol. The van der Waals surface area contributed by atoms with E-state index in [1.165, 1.54) is 27.9 Å². The highest BCUT2D eigenvalue weighted by Crippen LogP contribution is 2.33. The summed E-state index contributed by atoms with van der Waals surface area (Å²) in [4.78, 5) is 24.9. The number of urea groups is 1. The molecule has 0 unspecified atom stereocenters. The van der Waals surface area contributed by atoms with Crippen molar-refractivity contribution < 1.29 is 9.59 Å². The first-order chi connectivity index (χ1) is 11.3. The molecule has 1 aromatic heterocycles. The molecule has 0 saturated heterocycles. The van der Waals surface area contributed by atoms with Gasteiger partial charge in [-0.3, -0.25) is 10.1 Å². The number of benzene rings is 1. The molecule has 3 amide bonds. The molecule has 1 aromatic carbocycles. The quantitative estimate of drug-likeness (QED) is 0.838. The van der Waals surface area contributed by atoms with Crippen molar-refractivity contribution in [2.24, 2.45) is 0 Å². The molecule has 0 aliphatic rings. The number of nitrogens with one attached hydrogen (secondary N) is 2. The Morgan fingerprint density at radius 2 is 1.79 bits per heavy atom. The van der Waals surface area contributed by atoms with Crippen molar-refractivity contribution in [1.82, 2.24) is 19.9 Å². The third-order valence-corrected chi connectivity index (χ3v) is 3.57. The average molecular weight is 392 g/mol. The van der Waals surface area contributed by atoms with Gasteiger partial charge in [0.05, 0.1) is 21.9 Å². The zero-order valence-corrected chi connectivity index (χ0v) is 14.9. The zero-order chi connectivity index (χ0) is 17.9. The molecule has 1 heterocycles. The molecule has 0 aliphatic heterocycles. The lowest BCUT2D eigenvalue weighted by atomic mass is 10.3. The van der Waals surface area contributed by atoms with Crippen LogP contribution in [0.1, 0.15) is 0 Å². The normalized spacial score (nSPS) is 10.4. The highest BCUT2D eigenvalue weighted by molar-refractivity contribution is 6.42. The lowest BCUT2D eigenvalue weighted by molar-refractivity contribution is -0.116. The summed E-state index contributed by atoms with van der Waals surface area (Å²) in [6.07, 6.45) is 1.42. The van der Waals surface area contributed by atoms with Crippen LogP contribution in [-0.4, -0.2) is 45.9 Å².